The molecule has 1 atom stereocenters. The summed E-state index contributed by atoms with van der Waals surface area (Å²) >= 11 is 0. The fourth-order valence-corrected chi connectivity index (χ4v) is 2.69. The van der Waals surface area contributed by atoms with E-state index in [1.165, 1.54) is 52.1 Å². The maximum Gasteiger partial charge on any atom is 0.0110 e. The first-order valence-electron chi connectivity index (χ1n) is 7.30. The van der Waals surface area contributed by atoms with Crippen molar-refractivity contribution in [2.24, 2.45) is 17.6 Å². The van der Waals surface area contributed by atoms with Crippen LogP contribution < -0.4 is 5.73 Å². The van der Waals surface area contributed by atoms with Gasteiger partial charge >= 0.3 is 0 Å². The van der Waals surface area contributed by atoms with Gasteiger partial charge in [0.2, 0.25) is 0 Å². The van der Waals surface area contributed by atoms with Gasteiger partial charge in [-0.05, 0) is 44.3 Å². The minimum atomic E-state index is 0.721. The normalized spacial score (nSPS) is 21.0. The molecule has 17 heavy (non-hydrogen) atoms. The molecule has 0 saturated carbocycles. The fraction of sp³-hybridized carbons (Fsp3) is 1.00. The molecule has 2 N–H and O–H groups in total. The molecule has 0 aromatic rings. The molecule has 0 aromatic heterocycles. The molecular weight excluding hydrogens is 210 g/mol. The zero-order valence-corrected chi connectivity index (χ0v) is 12.0. The highest BCUT2D eigenvalue weighted by atomic mass is 15.3. The van der Waals surface area contributed by atoms with Crippen molar-refractivity contribution in [3.63, 3.8) is 0 Å². The number of rotatable bonds is 7. The third kappa shape index (κ3) is 5.84. The second-order valence-electron chi connectivity index (χ2n) is 5.80. The van der Waals surface area contributed by atoms with Gasteiger partial charge in [-0.25, -0.2) is 0 Å². The van der Waals surface area contributed by atoms with Crippen molar-refractivity contribution in [3.8, 4) is 0 Å². The number of nitrogens with zero attached hydrogens (tertiary/aromatic N) is 2. The van der Waals surface area contributed by atoms with Crippen LogP contribution in [0.1, 0.15) is 33.6 Å². The highest BCUT2D eigenvalue weighted by Gasteiger charge is 2.17. The van der Waals surface area contributed by atoms with Crippen LogP contribution in [0.15, 0.2) is 0 Å². The Morgan fingerprint density at radius 2 is 1.65 bits per heavy atom. The summed E-state index contributed by atoms with van der Waals surface area (Å²) in [5.74, 6) is 1.50. The smallest absolute Gasteiger partial charge is 0.0110 e. The van der Waals surface area contributed by atoms with Gasteiger partial charge in [0, 0.05) is 26.2 Å². The van der Waals surface area contributed by atoms with Gasteiger partial charge in [0.05, 0.1) is 0 Å². The molecule has 1 heterocycles. The average molecular weight is 241 g/mol. The zero-order chi connectivity index (χ0) is 12.7. The third-order valence-electron chi connectivity index (χ3n) is 3.90. The summed E-state index contributed by atoms with van der Waals surface area (Å²) in [6.07, 6.45) is 2.56. The molecule has 0 aliphatic carbocycles. The van der Waals surface area contributed by atoms with Crippen molar-refractivity contribution in [1.82, 2.24) is 9.80 Å². The average Bonchev–Trinajstić information content (AvgIpc) is 2.34. The lowest BCUT2D eigenvalue weighted by molar-refractivity contribution is 0.130. The molecular formula is C14H31N3. The first kappa shape index (κ1) is 14.9. The molecule has 1 aliphatic rings. The van der Waals surface area contributed by atoms with Crippen molar-refractivity contribution in [2.45, 2.75) is 33.6 Å². The van der Waals surface area contributed by atoms with Crippen LogP contribution in [-0.4, -0.2) is 55.6 Å². The highest BCUT2D eigenvalue weighted by Crippen LogP contribution is 2.15. The van der Waals surface area contributed by atoms with Gasteiger partial charge in [-0.2, -0.15) is 0 Å². The monoisotopic (exact) mass is 241 g/mol. The molecule has 102 valence electrons. The maximum absolute atomic E-state index is 5.85. The highest BCUT2D eigenvalue weighted by molar-refractivity contribution is 4.72. The van der Waals surface area contributed by atoms with E-state index in [2.05, 4.69) is 30.6 Å². The Morgan fingerprint density at radius 1 is 1.06 bits per heavy atom. The maximum atomic E-state index is 5.85. The topological polar surface area (TPSA) is 32.5 Å². The lowest BCUT2D eigenvalue weighted by Crippen LogP contribution is -2.46. The van der Waals surface area contributed by atoms with E-state index in [9.17, 15) is 0 Å². The van der Waals surface area contributed by atoms with Gasteiger partial charge in [-0.1, -0.05) is 20.8 Å². The molecule has 3 nitrogen and oxygen atoms in total. The van der Waals surface area contributed by atoms with Crippen LogP contribution in [0.4, 0.5) is 0 Å². The third-order valence-corrected chi connectivity index (χ3v) is 3.90. The first-order chi connectivity index (χ1) is 8.15. The van der Waals surface area contributed by atoms with Crippen molar-refractivity contribution in [2.75, 3.05) is 45.8 Å². The van der Waals surface area contributed by atoms with Gasteiger partial charge in [0.1, 0.15) is 0 Å². The summed E-state index contributed by atoms with van der Waals surface area (Å²) in [4.78, 5) is 5.14. The summed E-state index contributed by atoms with van der Waals surface area (Å²) in [5, 5.41) is 0. The summed E-state index contributed by atoms with van der Waals surface area (Å²) in [7, 11) is 0. The van der Waals surface area contributed by atoms with E-state index in [-0.39, 0.29) is 0 Å². The van der Waals surface area contributed by atoms with E-state index in [4.69, 9.17) is 5.73 Å². The SMILES string of the molecule is CCN1CCN(CCC(CN)CC(C)C)CC1. The second kappa shape index (κ2) is 8.06. The van der Waals surface area contributed by atoms with E-state index in [1.807, 2.05) is 0 Å². The molecule has 0 radical (unpaired) electrons. The Kier molecular flexibility index (Phi) is 7.09. The van der Waals surface area contributed by atoms with Crippen molar-refractivity contribution in [3.05, 3.63) is 0 Å². The van der Waals surface area contributed by atoms with Gasteiger partial charge in [-0.3, -0.25) is 0 Å². The Balaban J connectivity index is 2.17. The number of piperazine rings is 1. The van der Waals surface area contributed by atoms with Crippen molar-refractivity contribution < 1.29 is 0 Å². The molecule has 1 unspecified atom stereocenters. The van der Waals surface area contributed by atoms with Crippen LogP contribution >= 0.6 is 0 Å². The standard InChI is InChI=1S/C14H31N3/c1-4-16-7-9-17(10-8-16)6-5-14(12-15)11-13(2)3/h13-14H,4-12,15H2,1-3H3. The minimum absolute atomic E-state index is 0.721. The predicted molar refractivity (Wildman–Crippen MR) is 75.2 cm³/mol. The molecule has 0 bridgehead atoms. The number of nitrogens with two attached hydrogens (primary N) is 1. The van der Waals surface area contributed by atoms with E-state index >= 15 is 0 Å². The zero-order valence-electron chi connectivity index (χ0n) is 12.0. The van der Waals surface area contributed by atoms with Crippen molar-refractivity contribution >= 4 is 0 Å². The molecule has 0 aromatic carbocycles. The fourth-order valence-electron chi connectivity index (χ4n) is 2.69. The lowest BCUT2D eigenvalue weighted by atomic mass is 9.94. The van der Waals surface area contributed by atoms with E-state index in [0.29, 0.717) is 0 Å². The number of hydrogen-bond donors (Lipinski definition) is 1. The Labute approximate surface area is 107 Å². The molecule has 1 saturated heterocycles. The number of likely N-dealkylation sites (N-methyl/N-ethyl adjacent to an activating group) is 1. The van der Waals surface area contributed by atoms with Crippen LogP contribution in [0.25, 0.3) is 0 Å². The molecule has 1 aliphatic heterocycles. The van der Waals surface area contributed by atoms with Crippen LogP contribution in [0.2, 0.25) is 0 Å². The second-order valence-corrected chi connectivity index (χ2v) is 5.80. The molecule has 1 fully saturated rings. The van der Waals surface area contributed by atoms with E-state index < -0.39 is 0 Å². The Bertz CT molecular complexity index is 186. The van der Waals surface area contributed by atoms with Crippen LogP contribution in [-0.2, 0) is 0 Å². The van der Waals surface area contributed by atoms with Crippen LogP contribution in [0.5, 0.6) is 0 Å². The molecule has 0 amide bonds. The van der Waals surface area contributed by atoms with Gasteiger partial charge in [0.25, 0.3) is 0 Å². The molecule has 1 rings (SSSR count). The van der Waals surface area contributed by atoms with E-state index in [1.54, 1.807) is 0 Å². The molecule has 0 spiro atoms. The van der Waals surface area contributed by atoms with Gasteiger partial charge < -0.3 is 15.5 Å². The summed E-state index contributed by atoms with van der Waals surface area (Å²) < 4.78 is 0. The van der Waals surface area contributed by atoms with Gasteiger partial charge in [0.15, 0.2) is 0 Å². The quantitative estimate of drug-likeness (QED) is 0.735. The summed E-state index contributed by atoms with van der Waals surface area (Å²) in [5.41, 5.74) is 5.85. The first-order valence-corrected chi connectivity index (χ1v) is 7.30. The molecule has 3 heteroatoms. The van der Waals surface area contributed by atoms with Crippen LogP contribution in [0.3, 0.4) is 0 Å². The largest absolute Gasteiger partial charge is 0.330 e. The Morgan fingerprint density at radius 3 is 2.12 bits per heavy atom. The Hall–Kier alpha value is -0.120. The van der Waals surface area contributed by atoms with Gasteiger partial charge in [-0.15, -0.1) is 0 Å². The van der Waals surface area contributed by atoms with E-state index in [0.717, 1.165) is 18.4 Å². The summed E-state index contributed by atoms with van der Waals surface area (Å²) in [6.45, 7) is 15.1. The minimum Gasteiger partial charge on any atom is -0.330 e. The number of hydrogen-bond acceptors (Lipinski definition) is 3. The summed E-state index contributed by atoms with van der Waals surface area (Å²) in [6, 6.07) is 0. The lowest BCUT2D eigenvalue weighted by Gasteiger charge is -2.34. The predicted octanol–water partition coefficient (Wildman–Crippen LogP) is 1.64. The van der Waals surface area contributed by atoms with Crippen LogP contribution in [0, 0.1) is 11.8 Å². The van der Waals surface area contributed by atoms with Crippen molar-refractivity contribution in [1.29, 1.82) is 0 Å².